The molecule has 2 amide bonds. The van der Waals surface area contributed by atoms with Crippen molar-refractivity contribution in [1.29, 1.82) is 0 Å². The maximum Gasteiger partial charge on any atom is 0.234 e. The van der Waals surface area contributed by atoms with Crippen LogP contribution in [0.25, 0.3) is 0 Å². The summed E-state index contributed by atoms with van der Waals surface area (Å²) in [6, 6.07) is 0.188. The van der Waals surface area contributed by atoms with E-state index in [1.807, 2.05) is 20.8 Å². The van der Waals surface area contributed by atoms with Crippen LogP contribution in [0.1, 0.15) is 47.0 Å². The molecule has 0 saturated heterocycles. The summed E-state index contributed by atoms with van der Waals surface area (Å²) in [5.74, 6) is -0.425. The molecule has 0 aliphatic heterocycles. The molecule has 1 atom stereocenters. The van der Waals surface area contributed by atoms with Gasteiger partial charge in [-0.05, 0) is 27.2 Å². The molecule has 4 N–H and O–H groups in total. The summed E-state index contributed by atoms with van der Waals surface area (Å²) in [4.78, 5) is 22.4. The highest BCUT2D eigenvalue weighted by Gasteiger charge is 2.21. The minimum atomic E-state index is -0.447. The fourth-order valence-electron chi connectivity index (χ4n) is 1.65. The fourth-order valence-corrected chi connectivity index (χ4v) is 1.65. The smallest absolute Gasteiger partial charge is 0.234 e. The summed E-state index contributed by atoms with van der Waals surface area (Å²) < 4.78 is 0. The van der Waals surface area contributed by atoms with Crippen molar-refractivity contribution >= 4 is 11.8 Å². The Kier molecular flexibility index (Phi) is 6.80. The molecule has 0 aliphatic rings. The molecule has 0 spiro atoms. The Balaban J connectivity index is 3.94. The molecule has 0 rings (SSSR count). The number of hydrogen-bond acceptors (Lipinski definition) is 3. The third-order valence-electron chi connectivity index (χ3n) is 2.47. The number of primary amides is 1. The van der Waals surface area contributed by atoms with Crippen LogP contribution in [0, 0.1) is 0 Å². The van der Waals surface area contributed by atoms with Gasteiger partial charge in [-0.2, -0.15) is 0 Å². The highest BCUT2D eigenvalue weighted by molar-refractivity contribution is 5.79. The maximum atomic E-state index is 11.6. The largest absolute Gasteiger partial charge is 0.370 e. The molecular weight excluding hydrogens is 218 g/mol. The Hall–Kier alpha value is -1.10. The number of hydrogen-bond donors (Lipinski definition) is 3. The van der Waals surface area contributed by atoms with E-state index < -0.39 is 5.54 Å². The first-order valence-electron chi connectivity index (χ1n) is 6.09. The van der Waals surface area contributed by atoms with Crippen LogP contribution in [0.4, 0.5) is 0 Å². The molecule has 0 heterocycles. The standard InChI is InChI=1S/C12H25N3O2/c1-5-6-9(2)15-11(17)8-14-12(3,4)7-10(13)16/h9,14H,5-8H2,1-4H3,(H2,13,16)(H,15,17). The summed E-state index contributed by atoms with van der Waals surface area (Å²) in [6.07, 6.45) is 2.23. The SMILES string of the molecule is CCCC(C)NC(=O)CNC(C)(C)CC(N)=O. The second-order valence-electron chi connectivity index (χ2n) is 5.14. The van der Waals surface area contributed by atoms with E-state index in [-0.39, 0.29) is 30.8 Å². The normalized spacial score (nSPS) is 13.2. The van der Waals surface area contributed by atoms with Gasteiger partial charge in [0.1, 0.15) is 0 Å². The fraction of sp³-hybridized carbons (Fsp3) is 0.833. The van der Waals surface area contributed by atoms with Gasteiger partial charge < -0.3 is 16.4 Å². The van der Waals surface area contributed by atoms with Crippen LogP contribution in [0.5, 0.6) is 0 Å². The lowest BCUT2D eigenvalue weighted by molar-refractivity contribution is -0.122. The lowest BCUT2D eigenvalue weighted by atomic mass is 10.0. The average Bonchev–Trinajstić information content (AvgIpc) is 2.13. The molecular formula is C12H25N3O2. The van der Waals surface area contributed by atoms with E-state index in [0.29, 0.717) is 0 Å². The Morgan fingerprint density at radius 3 is 2.41 bits per heavy atom. The van der Waals surface area contributed by atoms with Crippen LogP contribution in [-0.4, -0.2) is 29.9 Å². The van der Waals surface area contributed by atoms with Crippen LogP contribution in [0.2, 0.25) is 0 Å². The first kappa shape index (κ1) is 15.9. The van der Waals surface area contributed by atoms with Gasteiger partial charge in [0.2, 0.25) is 11.8 Å². The van der Waals surface area contributed by atoms with Gasteiger partial charge in [0.25, 0.3) is 0 Å². The summed E-state index contributed by atoms with van der Waals surface area (Å²) >= 11 is 0. The molecule has 5 heteroatoms. The van der Waals surface area contributed by atoms with E-state index >= 15 is 0 Å². The number of nitrogens with one attached hydrogen (secondary N) is 2. The van der Waals surface area contributed by atoms with Gasteiger partial charge in [-0.3, -0.25) is 9.59 Å². The van der Waals surface area contributed by atoms with E-state index in [9.17, 15) is 9.59 Å². The predicted octanol–water partition coefficient (Wildman–Crippen LogP) is 0.535. The average molecular weight is 243 g/mol. The number of carbonyl (C=O) groups is 2. The molecule has 1 unspecified atom stereocenters. The predicted molar refractivity (Wildman–Crippen MR) is 68.4 cm³/mol. The van der Waals surface area contributed by atoms with Crippen molar-refractivity contribution in [1.82, 2.24) is 10.6 Å². The van der Waals surface area contributed by atoms with Crippen LogP contribution in [-0.2, 0) is 9.59 Å². The zero-order chi connectivity index (χ0) is 13.5. The number of rotatable bonds is 8. The van der Waals surface area contributed by atoms with Crippen LogP contribution >= 0.6 is 0 Å². The lowest BCUT2D eigenvalue weighted by Gasteiger charge is -2.25. The molecule has 0 bridgehead atoms. The Bertz CT molecular complexity index is 264. The van der Waals surface area contributed by atoms with Gasteiger partial charge in [0.15, 0.2) is 0 Å². The third-order valence-corrected chi connectivity index (χ3v) is 2.47. The zero-order valence-electron chi connectivity index (χ0n) is 11.3. The second kappa shape index (κ2) is 7.27. The van der Waals surface area contributed by atoms with E-state index in [1.165, 1.54) is 0 Å². The second-order valence-corrected chi connectivity index (χ2v) is 5.14. The summed E-state index contributed by atoms with van der Waals surface area (Å²) in [5.41, 5.74) is 4.68. The quantitative estimate of drug-likeness (QED) is 0.581. The van der Waals surface area contributed by atoms with Crippen LogP contribution in [0.15, 0.2) is 0 Å². The third kappa shape index (κ3) is 8.68. The molecule has 5 nitrogen and oxygen atoms in total. The Labute approximate surface area is 104 Å². The highest BCUT2D eigenvalue weighted by Crippen LogP contribution is 2.06. The minimum absolute atomic E-state index is 0.0523. The van der Waals surface area contributed by atoms with Gasteiger partial charge >= 0.3 is 0 Å². The number of carbonyl (C=O) groups excluding carboxylic acids is 2. The van der Waals surface area contributed by atoms with Crippen molar-refractivity contribution < 1.29 is 9.59 Å². The number of nitrogens with two attached hydrogens (primary N) is 1. The number of amides is 2. The van der Waals surface area contributed by atoms with Crippen molar-refractivity contribution in [3.63, 3.8) is 0 Å². The van der Waals surface area contributed by atoms with Crippen molar-refractivity contribution in [2.75, 3.05) is 6.54 Å². The molecule has 17 heavy (non-hydrogen) atoms. The van der Waals surface area contributed by atoms with E-state index in [0.717, 1.165) is 12.8 Å². The molecule has 0 fully saturated rings. The first-order valence-corrected chi connectivity index (χ1v) is 6.09. The molecule has 0 aromatic rings. The van der Waals surface area contributed by atoms with E-state index in [2.05, 4.69) is 17.6 Å². The molecule has 0 saturated carbocycles. The van der Waals surface area contributed by atoms with Crippen molar-refractivity contribution in [3.05, 3.63) is 0 Å². The molecule has 100 valence electrons. The monoisotopic (exact) mass is 243 g/mol. The van der Waals surface area contributed by atoms with Crippen LogP contribution in [0.3, 0.4) is 0 Å². The van der Waals surface area contributed by atoms with Gasteiger partial charge in [-0.15, -0.1) is 0 Å². The summed E-state index contributed by atoms with van der Waals surface area (Å²) in [7, 11) is 0. The minimum Gasteiger partial charge on any atom is -0.370 e. The van der Waals surface area contributed by atoms with Crippen molar-refractivity contribution in [3.8, 4) is 0 Å². The molecule has 0 aromatic carbocycles. The molecule has 0 aromatic heterocycles. The topological polar surface area (TPSA) is 84.2 Å². The molecule has 0 aliphatic carbocycles. The van der Waals surface area contributed by atoms with Gasteiger partial charge in [-0.1, -0.05) is 13.3 Å². The lowest BCUT2D eigenvalue weighted by Crippen LogP contribution is -2.48. The first-order chi connectivity index (χ1) is 7.76. The Morgan fingerprint density at radius 1 is 1.35 bits per heavy atom. The molecule has 0 radical (unpaired) electrons. The van der Waals surface area contributed by atoms with Gasteiger partial charge in [-0.25, -0.2) is 0 Å². The zero-order valence-corrected chi connectivity index (χ0v) is 11.3. The van der Waals surface area contributed by atoms with Gasteiger partial charge in [0.05, 0.1) is 6.54 Å². The maximum absolute atomic E-state index is 11.6. The van der Waals surface area contributed by atoms with Crippen LogP contribution < -0.4 is 16.4 Å². The highest BCUT2D eigenvalue weighted by atomic mass is 16.2. The van der Waals surface area contributed by atoms with E-state index in [4.69, 9.17) is 5.73 Å². The summed E-state index contributed by atoms with van der Waals surface area (Å²) in [5, 5.41) is 5.91. The van der Waals surface area contributed by atoms with Crippen molar-refractivity contribution in [2.45, 2.75) is 58.5 Å². The Morgan fingerprint density at radius 2 is 1.94 bits per heavy atom. The summed E-state index contributed by atoms with van der Waals surface area (Å²) in [6.45, 7) is 7.96. The van der Waals surface area contributed by atoms with Crippen molar-refractivity contribution in [2.24, 2.45) is 5.73 Å². The van der Waals surface area contributed by atoms with Gasteiger partial charge in [0, 0.05) is 18.0 Å². The van der Waals surface area contributed by atoms with E-state index in [1.54, 1.807) is 0 Å².